The van der Waals surface area contributed by atoms with Gasteiger partial charge in [-0.15, -0.1) is 0 Å². The number of aromatic nitrogens is 2. The summed E-state index contributed by atoms with van der Waals surface area (Å²) in [6, 6.07) is 6.30. The summed E-state index contributed by atoms with van der Waals surface area (Å²) in [6.45, 7) is 6.01. The van der Waals surface area contributed by atoms with E-state index in [9.17, 15) is 4.39 Å². The van der Waals surface area contributed by atoms with Crippen molar-refractivity contribution in [1.29, 1.82) is 0 Å². The van der Waals surface area contributed by atoms with Gasteiger partial charge in [-0.25, -0.2) is 9.37 Å². The Kier molecular flexibility index (Phi) is 3.48. The van der Waals surface area contributed by atoms with Crippen molar-refractivity contribution in [2.24, 2.45) is 11.7 Å². The van der Waals surface area contributed by atoms with E-state index >= 15 is 0 Å². The first-order valence-corrected chi connectivity index (χ1v) is 6.07. The minimum absolute atomic E-state index is 0.133. The lowest BCUT2D eigenvalue weighted by Crippen LogP contribution is -2.18. The molecule has 0 bridgehead atoms. The predicted molar refractivity (Wildman–Crippen MR) is 70.5 cm³/mol. The summed E-state index contributed by atoms with van der Waals surface area (Å²) < 4.78 is 13.2. The molecule has 1 unspecified atom stereocenters. The first-order chi connectivity index (χ1) is 8.49. The van der Waals surface area contributed by atoms with Crippen LogP contribution >= 0.6 is 0 Å². The van der Waals surface area contributed by atoms with Crippen LogP contribution in [0.4, 0.5) is 4.39 Å². The number of hydrogen-bond acceptors (Lipinski definition) is 2. The Bertz CT molecular complexity index is 546. The maximum atomic E-state index is 13.2. The molecule has 0 saturated heterocycles. The summed E-state index contributed by atoms with van der Waals surface area (Å²) in [5.41, 5.74) is 8.50. The zero-order valence-corrected chi connectivity index (χ0v) is 10.9. The van der Waals surface area contributed by atoms with Crippen LogP contribution in [0.15, 0.2) is 24.3 Å². The van der Waals surface area contributed by atoms with Gasteiger partial charge >= 0.3 is 0 Å². The normalized spacial score (nSPS) is 13.0. The maximum Gasteiger partial charge on any atom is 0.124 e. The predicted octanol–water partition coefficient (Wildman–Crippen LogP) is 3.18. The van der Waals surface area contributed by atoms with Gasteiger partial charge in [-0.3, -0.25) is 0 Å². The highest BCUT2D eigenvalue weighted by atomic mass is 19.1. The maximum absolute atomic E-state index is 13.2. The van der Waals surface area contributed by atoms with Crippen LogP contribution in [0.25, 0.3) is 11.3 Å². The van der Waals surface area contributed by atoms with Crippen molar-refractivity contribution in [2.45, 2.75) is 26.8 Å². The van der Waals surface area contributed by atoms with E-state index < -0.39 is 0 Å². The Morgan fingerprint density at radius 3 is 2.67 bits per heavy atom. The molecule has 3 N–H and O–H groups in total. The molecule has 0 aliphatic heterocycles. The van der Waals surface area contributed by atoms with Crippen LogP contribution in [-0.4, -0.2) is 9.97 Å². The average Bonchev–Trinajstić information content (AvgIpc) is 2.70. The molecule has 2 aromatic rings. The number of nitrogens with one attached hydrogen (secondary N) is 1. The summed E-state index contributed by atoms with van der Waals surface area (Å²) in [6.07, 6.45) is 0. The van der Waals surface area contributed by atoms with Gasteiger partial charge in [0.25, 0.3) is 0 Å². The van der Waals surface area contributed by atoms with Gasteiger partial charge in [0.15, 0.2) is 0 Å². The van der Waals surface area contributed by atoms with Crippen LogP contribution in [0.1, 0.15) is 31.4 Å². The molecule has 0 fully saturated rings. The summed E-state index contributed by atoms with van der Waals surface area (Å²) in [5, 5.41) is 0. The van der Waals surface area contributed by atoms with Gasteiger partial charge in [-0.2, -0.15) is 0 Å². The van der Waals surface area contributed by atoms with E-state index in [1.165, 1.54) is 12.1 Å². The van der Waals surface area contributed by atoms with Crippen LogP contribution in [0.5, 0.6) is 0 Å². The lowest BCUT2D eigenvalue weighted by molar-refractivity contribution is 0.494. The SMILES string of the molecule is Cc1[nH]c(C(N)C(C)C)nc1-c1cccc(F)c1. The molecule has 1 atom stereocenters. The molecule has 1 aromatic heterocycles. The van der Waals surface area contributed by atoms with Crippen molar-refractivity contribution < 1.29 is 4.39 Å². The largest absolute Gasteiger partial charge is 0.344 e. The number of aromatic amines is 1. The fourth-order valence-electron chi connectivity index (χ4n) is 1.87. The summed E-state index contributed by atoms with van der Waals surface area (Å²) in [7, 11) is 0. The van der Waals surface area contributed by atoms with Crippen LogP contribution in [0, 0.1) is 18.7 Å². The first-order valence-electron chi connectivity index (χ1n) is 6.07. The van der Waals surface area contributed by atoms with Crippen molar-refractivity contribution in [3.63, 3.8) is 0 Å². The minimum atomic E-state index is -0.260. The molecular weight excluding hydrogens is 229 g/mol. The van der Waals surface area contributed by atoms with Crippen LogP contribution in [0.3, 0.4) is 0 Å². The number of imidazole rings is 1. The quantitative estimate of drug-likeness (QED) is 0.875. The Morgan fingerprint density at radius 2 is 2.06 bits per heavy atom. The molecule has 0 amide bonds. The molecule has 0 radical (unpaired) electrons. The Balaban J connectivity index is 2.41. The number of nitrogens with two attached hydrogens (primary N) is 1. The minimum Gasteiger partial charge on any atom is -0.344 e. The van der Waals surface area contributed by atoms with Gasteiger partial charge in [0.1, 0.15) is 11.6 Å². The molecule has 4 heteroatoms. The van der Waals surface area contributed by atoms with Crippen molar-refractivity contribution in [2.75, 3.05) is 0 Å². The zero-order chi connectivity index (χ0) is 13.3. The second-order valence-electron chi connectivity index (χ2n) is 4.88. The van der Waals surface area contributed by atoms with E-state index in [0.717, 1.165) is 22.8 Å². The monoisotopic (exact) mass is 247 g/mol. The number of halogens is 1. The highest BCUT2D eigenvalue weighted by Crippen LogP contribution is 2.25. The van der Waals surface area contributed by atoms with E-state index in [0.29, 0.717) is 5.92 Å². The molecular formula is C14H18FN3. The highest BCUT2D eigenvalue weighted by molar-refractivity contribution is 5.61. The van der Waals surface area contributed by atoms with Crippen molar-refractivity contribution in [3.05, 3.63) is 41.6 Å². The van der Waals surface area contributed by atoms with Gasteiger partial charge in [0.05, 0.1) is 11.7 Å². The molecule has 0 spiro atoms. The topological polar surface area (TPSA) is 54.7 Å². The number of benzene rings is 1. The molecule has 18 heavy (non-hydrogen) atoms. The number of rotatable bonds is 3. The molecule has 3 nitrogen and oxygen atoms in total. The van der Waals surface area contributed by atoms with E-state index in [1.54, 1.807) is 6.07 Å². The van der Waals surface area contributed by atoms with Crippen molar-refractivity contribution >= 4 is 0 Å². The molecule has 1 heterocycles. The summed E-state index contributed by atoms with van der Waals surface area (Å²) in [5.74, 6) is 0.794. The Morgan fingerprint density at radius 1 is 1.33 bits per heavy atom. The van der Waals surface area contributed by atoms with Crippen molar-refractivity contribution in [1.82, 2.24) is 9.97 Å². The number of hydrogen-bond donors (Lipinski definition) is 2. The second-order valence-corrected chi connectivity index (χ2v) is 4.88. The highest BCUT2D eigenvalue weighted by Gasteiger charge is 2.17. The zero-order valence-electron chi connectivity index (χ0n) is 10.9. The van der Waals surface area contributed by atoms with E-state index in [-0.39, 0.29) is 11.9 Å². The van der Waals surface area contributed by atoms with Gasteiger partial charge < -0.3 is 10.7 Å². The lowest BCUT2D eigenvalue weighted by atomic mass is 10.1. The number of aryl methyl sites for hydroxylation is 1. The summed E-state index contributed by atoms with van der Waals surface area (Å²) >= 11 is 0. The third-order valence-corrected chi connectivity index (χ3v) is 3.04. The van der Waals surface area contributed by atoms with Gasteiger partial charge in [-0.05, 0) is 25.0 Å². The Hall–Kier alpha value is -1.68. The molecule has 0 aliphatic carbocycles. The third kappa shape index (κ3) is 2.43. The van der Waals surface area contributed by atoms with Crippen LogP contribution in [-0.2, 0) is 0 Å². The third-order valence-electron chi connectivity index (χ3n) is 3.04. The van der Waals surface area contributed by atoms with E-state index in [1.807, 2.05) is 26.8 Å². The standard InChI is InChI=1S/C14H18FN3/c1-8(2)12(16)14-17-9(3)13(18-14)10-5-4-6-11(15)7-10/h4-8,12H,16H2,1-3H3,(H,17,18). The van der Waals surface area contributed by atoms with Gasteiger partial charge in [-0.1, -0.05) is 26.0 Å². The van der Waals surface area contributed by atoms with Gasteiger partial charge in [0, 0.05) is 11.3 Å². The van der Waals surface area contributed by atoms with Crippen molar-refractivity contribution in [3.8, 4) is 11.3 Å². The molecule has 1 aromatic carbocycles. The summed E-state index contributed by atoms with van der Waals surface area (Å²) in [4.78, 5) is 7.68. The lowest BCUT2D eigenvalue weighted by Gasteiger charge is -2.11. The number of nitrogens with zero attached hydrogens (tertiary/aromatic N) is 1. The molecule has 96 valence electrons. The first kappa shape index (κ1) is 12.8. The van der Waals surface area contributed by atoms with Crippen LogP contribution in [0.2, 0.25) is 0 Å². The molecule has 0 aliphatic rings. The van der Waals surface area contributed by atoms with Gasteiger partial charge in [0.2, 0.25) is 0 Å². The molecule has 2 rings (SSSR count). The fraction of sp³-hybridized carbons (Fsp3) is 0.357. The van der Waals surface area contributed by atoms with Crippen LogP contribution < -0.4 is 5.73 Å². The number of H-pyrrole nitrogens is 1. The second kappa shape index (κ2) is 4.90. The van der Waals surface area contributed by atoms with E-state index in [4.69, 9.17) is 5.73 Å². The smallest absolute Gasteiger partial charge is 0.124 e. The Labute approximate surface area is 106 Å². The van der Waals surface area contributed by atoms with E-state index in [2.05, 4.69) is 9.97 Å². The fourth-order valence-corrected chi connectivity index (χ4v) is 1.87. The average molecular weight is 247 g/mol. The molecule has 0 saturated carbocycles.